The van der Waals surface area contributed by atoms with Crippen LogP contribution in [0.2, 0.25) is 10.0 Å². The van der Waals surface area contributed by atoms with E-state index in [1.807, 2.05) is 31.0 Å². The van der Waals surface area contributed by atoms with Crippen molar-refractivity contribution < 1.29 is 4.79 Å². The molecule has 3 rings (SSSR count). The Bertz CT molecular complexity index is 964. The van der Waals surface area contributed by atoms with Gasteiger partial charge >= 0.3 is 0 Å². The van der Waals surface area contributed by atoms with Crippen LogP contribution in [-0.2, 0) is 18.3 Å². The first-order valence-corrected chi connectivity index (χ1v) is 9.68. The molecule has 1 N–H and O–H groups in total. The third kappa shape index (κ3) is 4.09. The van der Waals surface area contributed by atoms with Gasteiger partial charge in [0.1, 0.15) is 0 Å². The van der Waals surface area contributed by atoms with Crippen molar-refractivity contribution in [2.24, 2.45) is 7.05 Å². The van der Waals surface area contributed by atoms with Crippen molar-refractivity contribution in [1.82, 2.24) is 14.8 Å². The van der Waals surface area contributed by atoms with E-state index in [1.165, 1.54) is 11.3 Å². The van der Waals surface area contributed by atoms with Gasteiger partial charge in [0.25, 0.3) is 0 Å². The lowest BCUT2D eigenvalue weighted by Gasteiger charge is -2.03. The number of aromatic nitrogens is 3. The molecule has 0 saturated carbocycles. The van der Waals surface area contributed by atoms with Gasteiger partial charge in [0, 0.05) is 35.1 Å². The molecule has 1 aromatic carbocycles. The number of amides is 1. The Morgan fingerprint density at radius 3 is 2.77 bits per heavy atom. The van der Waals surface area contributed by atoms with Crippen LogP contribution in [0.15, 0.2) is 23.6 Å². The largest absolute Gasteiger partial charge is 0.302 e. The highest BCUT2D eigenvalue weighted by Crippen LogP contribution is 2.32. The molecular formula is C18H18Cl2N4OS. The van der Waals surface area contributed by atoms with E-state index in [4.69, 9.17) is 23.2 Å². The van der Waals surface area contributed by atoms with Crippen LogP contribution in [0, 0.1) is 13.8 Å². The van der Waals surface area contributed by atoms with E-state index in [-0.39, 0.29) is 5.91 Å². The average molecular weight is 409 g/mol. The Morgan fingerprint density at radius 2 is 2.08 bits per heavy atom. The average Bonchev–Trinajstić information content (AvgIpc) is 3.13. The number of aryl methyl sites for hydroxylation is 2. The van der Waals surface area contributed by atoms with Gasteiger partial charge in [0.05, 0.1) is 16.4 Å². The lowest BCUT2D eigenvalue weighted by molar-refractivity contribution is -0.116. The second kappa shape index (κ2) is 7.78. The van der Waals surface area contributed by atoms with Crippen LogP contribution in [0.25, 0.3) is 11.3 Å². The van der Waals surface area contributed by atoms with E-state index < -0.39 is 0 Å². The number of nitrogens with one attached hydrogen (secondary N) is 1. The van der Waals surface area contributed by atoms with Crippen LogP contribution in [0.3, 0.4) is 0 Å². The summed E-state index contributed by atoms with van der Waals surface area (Å²) in [5.74, 6) is -0.0780. The SMILES string of the molecule is Cc1nn(C)c(C)c1CCC(=O)Nc1nc(-c2cc(Cl)ccc2Cl)cs1. The fourth-order valence-corrected chi connectivity index (χ4v) is 3.86. The number of nitrogens with zero attached hydrogens (tertiary/aromatic N) is 3. The van der Waals surface area contributed by atoms with Crippen molar-refractivity contribution in [2.75, 3.05) is 5.32 Å². The summed E-state index contributed by atoms with van der Waals surface area (Å²) in [5.41, 5.74) is 4.61. The van der Waals surface area contributed by atoms with Gasteiger partial charge in [-0.1, -0.05) is 23.2 Å². The highest BCUT2D eigenvalue weighted by atomic mass is 35.5. The van der Waals surface area contributed by atoms with E-state index in [0.717, 1.165) is 22.5 Å². The fraction of sp³-hybridized carbons (Fsp3) is 0.278. The van der Waals surface area contributed by atoms with Crippen LogP contribution in [0.1, 0.15) is 23.4 Å². The maximum absolute atomic E-state index is 12.3. The van der Waals surface area contributed by atoms with Gasteiger partial charge in [-0.15, -0.1) is 11.3 Å². The molecule has 2 heterocycles. The van der Waals surface area contributed by atoms with E-state index in [2.05, 4.69) is 15.4 Å². The number of hydrogen-bond donors (Lipinski definition) is 1. The number of rotatable bonds is 5. The summed E-state index contributed by atoms with van der Waals surface area (Å²) in [6.45, 7) is 3.97. The molecule has 0 aliphatic heterocycles. The number of carbonyl (C=O) groups is 1. The van der Waals surface area contributed by atoms with Crippen molar-refractivity contribution >= 4 is 45.6 Å². The second-order valence-electron chi connectivity index (χ2n) is 5.98. The molecule has 0 radical (unpaired) electrons. The molecule has 0 aliphatic carbocycles. The Morgan fingerprint density at radius 1 is 1.31 bits per heavy atom. The molecule has 0 fully saturated rings. The lowest BCUT2D eigenvalue weighted by Crippen LogP contribution is -2.12. The zero-order valence-corrected chi connectivity index (χ0v) is 17.0. The van der Waals surface area contributed by atoms with Crippen molar-refractivity contribution in [3.05, 3.63) is 50.6 Å². The fourth-order valence-electron chi connectivity index (χ4n) is 2.75. The zero-order chi connectivity index (χ0) is 18.8. The van der Waals surface area contributed by atoms with Crippen LogP contribution in [0.5, 0.6) is 0 Å². The predicted octanol–water partition coefficient (Wildman–Crippen LogP) is 5.04. The standard InChI is InChI=1S/C18H18Cl2N4OS/c1-10-13(11(2)24(3)23-10)5-7-17(25)22-18-21-16(9-26-18)14-8-12(19)4-6-15(14)20/h4,6,8-9H,5,7H2,1-3H3,(H,21,22,25). The zero-order valence-electron chi connectivity index (χ0n) is 14.6. The van der Waals surface area contributed by atoms with Crippen LogP contribution >= 0.6 is 34.5 Å². The van der Waals surface area contributed by atoms with Gasteiger partial charge in [0.2, 0.25) is 5.91 Å². The molecular weight excluding hydrogens is 391 g/mol. The van der Waals surface area contributed by atoms with E-state index in [1.54, 1.807) is 18.2 Å². The molecule has 3 aromatic rings. The molecule has 1 amide bonds. The maximum atomic E-state index is 12.3. The van der Waals surface area contributed by atoms with E-state index in [9.17, 15) is 4.79 Å². The summed E-state index contributed by atoms with van der Waals surface area (Å²) in [7, 11) is 1.91. The van der Waals surface area contributed by atoms with Crippen LogP contribution < -0.4 is 5.32 Å². The minimum absolute atomic E-state index is 0.0780. The van der Waals surface area contributed by atoms with Crippen molar-refractivity contribution in [3.8, 4) is 11.3 Å². The summed E-state index contributed by atoms with van der Waals surface area (Å²) in [4.78, 5) is 16.7. The number of anilines is 1. The first kappa shape index (κ1) is 18.9. The van der Waals surface area contributed by atoms with Crippen molar-refractivity contribution in [1.29, 1.82) is 0 Å². The maximum Gasteiger partial charge on any atom is 0.226 e. The van der Waals surface area contributed by atoms with E-state index in [0.29, 0.717) is 33.7 Å². The minimum Gasteiger partial charge on any atom is -0.302 e. The predicted molar refractivity (Wildman–Crippen MR) is 107 cm³/mol. The van der Waals surface area contributed by atoms with Gasteiger partial charge in [-0.05, 0) is 44.0 Å². The second-order valence-corrected chi connectivity index (χ2v) is 7.68. The van der Waals surface area contributed by atoms with Crippen molar-refractivity contribution in [3.63, 3.8) is 0 Å². The molecule has 0 atom stereocenters. The molecule has 26 heavy (non-hydrogen) atoms. The monoisotopic (exact) mass is 408 g/mol. The number of halogens is 2. The number of hydrogen-bond acceptors (Lipinski definition) is 4. The molecule has 0 saturated heterocycles. The highest BCUT2D eigenvalue weighted by Gasteiger charge is 2.14. The molecule has 2 aromatic heterocycles. The molecule has 0 unspecified atom stereocenters. The van der Waals surface area contributed by atoms with Gasteiger partial charge in [-0.3, -0.25) is 9.48 Å². The summed E-state index contributed by atoms with van der Waals surface area (Å²) in [6.07, 6.45) is 1.02. The van der Waals surface area contributed by atoms with Crippen molar-refractivity contribution in [2.45, 2.75) is 26.7 Å². The van der Waals surface area contributed by atoms with E-state index >= 15 is 0 Å². The first-order chi connectivity index (χ1) is 12.3. The van der Waals surface area contributed by atoms with Crippen LogP contribution in [0.4, 0.5) is 5.13 Å². The minimum atomic E-state index is -0.0780. The number of carbonyl (C=O) groups excluding carboxylic acids is 1. The summed E-state index contributed by atoms with van der Waals surface area (Å²) >= 11 is 13.6. The molecule has 0 aliphatic rings. The van der Waals surface area contributed by atoms with Gasteiger partial charge in [0.15, 0.2) is 5.13 Å². The Hall–Kier alpha value is -1.89. The Kier molecular flexibility index (Phi) is 5.65. The highest BCUT2D eigenvalue weighted by molar-refractivity contribution is 7.14. The van der Waals surface area contributed by atoms with Gasteiger partial charge < -0.3 is 5.32 Å². The molecule has 5 nitrogen and oxygen atoms in total. The number of thiazole rings is 1. The molecule has 0 spiro atoms. The summed E-state index contributed by atoms with van der Waals surface area (Å²) < 4.78 is 1.84. The smallest absolute Gasteiger partial charge is 0.226 e. The third-order valence-corrected chi connectivity index (χ3v) is 5.54. The van der Waals surface area contributed by atoms with Gasteiger partial charge in [-0.25, -0.2) is 4.98 Å². The topological polar surface area (TPSA) is 59.8 Å². The summed E-state index contributed by atoms with van der Waals surface area (Å²) in [5, 5.41) is 10.8. The lowest BCUT2D eigenvalue weighted by atomic mass is 10.1. The normalized spacial score (nSPS) is 11.0. The Labute approximate surface area is 166 Å². The first-order valence-electron chi connectivity index (χ1n) is 8.05. The number of benzene rings is 1. The van der Waals surface area contributed by atoms with Gasteiger partial charge in [-0.2, -0.15) is 5.10 Å². The Balaban J connectivity index is 1.65. The van der Waals surface area contributed by atoms with Crippen LogP contribution in [-0.4, -0.2) is 20.7 Å². The molecule has 0 bridgehead atoms. The quantitative estimate of drug-likeness (QED) is 0.642. The third-order valence-electron chi connectivity index (χ3n) is 4.22. The summed E-state index contributed by atoms with van der Waals surface area (Å²) in [6, 6.07) is 5.22. The molecule has 136 valence electrons. The molecule has 8 heteroatoms.